The first kappa shape index (κ1) is 20.6. The van der Waals surface area contributed by atoms with Gasteiger partial charge in [0.15, 0.2) is 28.0 Å². The van der Waals surface area contributed by atoms with Crippen molar-refractivity contribution in [3.8, 4) is 0 Å². The van der Waals surface area contributed by atoms with Crippen LogP contribution in [0.4, 0.5) is 17.6 Å². The molecule has 30 heavy (non-hydrogen) atoms. The largest absolute Gasteiger partial charge is 0.353 e. The van der Waals surface area contributed by atoms with Gasteiger partial charge in [0, 0.05) is 55.6 Å². The highest BCUT2D eigenvalue weighted by atomic mass is 32.1. The van der Waals surface area contributed by atoms with Crippen molar-refractivity contribution in [2.24, 2.45) is 7.05 Å². The molecule has 2 amide bonds. The van der Waals surface area contributed by atoms with Crippen molar-refractivity contribution in [1.82, 2.24) is 19.4 Å². The van der Waals surface area contributed by atoms with Gasteiger partial charge in [-0.3, -0.25) is 9.59 Å². The Morgan fingerprint density at radius 2 is 1.90 bits per heavy atom. The number of halogens is 4. The quantitative estimate of drug-likeness (QED) is 0.449. The fourth-order valence-electron chi connectivity index (χ4n) is 4.17. The molecule has 1 saturated heterocycles. The number of nitrogens with zero attached hydrogens (tertiary/aromatic N) is 3. The van der Waals surface area contributed by atoms with Gasteiger partial charge in [-0.2, -0.15) is 0 Å². The number of imidazole rings is 1. The van der Waals surface area contributed by atoms with Gasteiger partial charge in [-0.25, -0.2) is 17.6 Å². The Balaban J connectivity index is 1.65. The second-order valence-electron chi connectivity index (χ2n) is 7.47. The number of rotatable bonds is 3. The summed E-state index contributed by atoms with van der Waals surface area (Å²) >= 11 is 5.39. The molecule has 0 aliphatic carbocycles. The second-order valence-corrected chi connectivity index (χ2v) is 7.84. The summed E-state index contributed by atoms with van der Waals surface area (Å²) in [7, 11) is 1.68. The van der Waals surface area contributed by atoms with Crippen molar-refractivity contribution in [2.75, 3.05) is 19.6 Å². The van der Waals surface area contributed by atoms with Gasteiger partial charge in [0.1, 0.15) is 0 Å². The minimum atomic E-state index is -1.46. The lowest BCUT2D eigenvalue weighted by Gasteiger charge is -2.26. The van der Waals surface area contributed by atoms with Crippen LogP contribution in [-0.4, -0.2) is 45.5 Å². The van der Waals surface area contributed by atoms with Crippen molar-refractivity contribution in [1.29, 1.82) is 0 Å². The van der Waals surface area contributed by atoms with Crippen molar-refractivity contribution >= 4 is 24.0 Å². The molecular weight excluding hydrogens is 424 g/mol. The summed E-state index contributed by atoms with van der Waals surface area (Å²) in [5.41, 5.74) is 0.486. The number of hydrogen-bond acceptors (Lipinski definition) is 3. The predicted molar refractivity (Wildman–Crippen MR) is 100 cm³/mol. The second kappa shape index (κ2) is 7.53. The third kappa shape index (κ3) is 3.30. The van der Waals surface area contributed by atoms with Crippen LogP contribution >= 0.6 is 12.2 Å². The molecule has 11 heteroatoms. The monoisotopic (exact) mass is 442 g/mol. The Morgan fingerprint density at radius 1 is 1.23 bits per heavy atom. The van der Waals surface area contributed by atoms with E-state index in [0.29, 0.717) is 29.2 Å². The summed E-state index contributed by atoms with van der Waals surface area (Å²) in [6.07, 6.45) is 0.0231. The number of carbonyl (C=O) groups is 2. The lowest BCUT2D eigenvalue weighted by atomic mass is 9.94. The van der Waals surface area contributed by atoms with E-state index in [1.54, 1.807) is 16.2 Å². The van der Waals surface area contributed by atoms with E-state index < -0.39 is 34.8 Å². The van der Waals surface area contributed by atoms with E-state index in [2.05, 4.69) is 5.32 Å². The van der Waals surface area contributed by atoms with E-state index in [1.165, 1.54) is 4.90 Å². The zero-order valence-corrected chi connectivity index (χ0v) is 16.8. The van der Waals surface area contributed by atoms with Crippen LogP contribution in [0.15, 0.2) is 6.07 Å². The smallest absolute Gasteiger partial charge is 0.239 e. The Labute approximate surface area is 174 Å². The molecule has 1 N–H and O–H groups in total. The highest BCUT2D eigenvalue weighted by Crippen LogP contribution is 2.36. The fraction of sp³-hybridized carbons (Fsp3) is 0.421. The number of piperazine rings is 1. The number of fused-ring (bicyclic) bond motifs is 1. The zero-order valence-electron chi connectivity index (χ0n) is 16.0. The molecule has 1 unspecified atom stereocenters. The molecule has 2 aromatic rings. The normalized spacial score (nSPS) is 18.5. The number of amides is 2. The summed E-state index contributed by atoms with van der Waals surface area (Å²) in [5, 5.41) is 2.64. The van der Waals surface area contributed by atoms with Crippen LogP contribution < -0.4 is 5.32 Å². The highest BCUT2D eigenvalue weighted by molar-refractivity contribution is 7.71. The Bertz CT molecular complexity index is 1100. The molecule has 0 spiro atoms. The van der Waals surface area contributed by atoms with Gasteiger partial charge in [-0.15, -0.1) is 0 Å². The van der Waals surface area contributed by atoms with Gasteiger partial charge in [0.2, 0.25) is 11.8 Å². The van der Waals surface area contributed by atoms with Gasteiger partial charge in [0.05, 0.1) is 13.0 Å². The number of hydrogen-bond donors (Lipinski definition) is 1. The first-order chi connectivity index (χ1) is 14.2. The van der Waals surface area contributed by atoms with Crippen molar-refractivity contribution in [3.05, 3.63) is 51.1 Å². The molecule has 1 fully saturated rings. The van der Waals surface area contributed by atoms with Crippen LogP contribution in [0.25, 0.3) is 0 Å². The predicted octanol–water partition coefficient (Wildman–Crippen LogP) is 1.95. The average molecular weight is 442 g/mol. The van der Waals surface area contributed by atoms with Gasteiger partial charge in [-0.1, -0.05) is 0 Å². The standard InChI is InChI=1S/C19H18F4N4O2S/c1-25-12(6-15(29)26-3-2-24-14(28)8-26)13-4-9(7-27(13)19(25)30)16-17(22)10(20)5-11(21)18(16)23/h5,9H,2-4,6-8H2,1H3,(H,24,28). The molecule has 1 aromatic heterocycles. The number of aromatic nitrogens is 2. The first-order valence-electron chi connectivity index (χ1n) is 9.33. The van der Waals surface area contributed by atoms with Crippen molar-refractivity contribution in [3.63, 3.8) is 0 Å². The molecule has 1 atom stereocenters. The average Bonchev–Trinajstić information content (AvgIpc) is 3.21. The summed E-state index contributed by atoms with van der Waals surface area (Å²) in [6, 6.07) is 0.181. The van der Waals surface area contributed by atoms with Crippen LogP contribution in [0.1, 0.15) is 22.9 Å². The lowest BCUT2D eigenvalue weighted by molar-refractivity contribution is -0.137. The topological polar surface area (TPSA) is 59.3 Å². The van der Waals surface area contributed by atoms with Crippen molar-refractivity contribution in [2.45, 2.75) is 25.3 Å². The summed E-state index contributed by atoms with van der Waals surface area (Å²) in [5.74, 6) is -7.13. The maximum Gasteiger partial charge on any atom is 0.239 e. The van der Waals surface area contributed by atoms with E-state index in [9.17, 15) is 27.2 Å². The van der Waals surface area contributed by atoms with Crippen LogP contribution in [0, 0.1) is 28.0 Å². The highest BCUT2D eigenvalue weighted by Gasteiger charge is 2.35. The molecular formula is C19H18F4N4O2S. The van der Waals surface area contributed by atoms with Gasteiger partial charge in [-0.05, 0) is 18.6 Å². The summed E-state index contributed by atoms with van der Waals surface area (Å²) < 4.78 is 59.5. The van der Waals surface area contributed by atoms with Gasteiger partial charge in [0.25, 0.3) is 0 Å². The fourth-order valence-corrected chi connectivity index (χ4v) is 4.46. The van der Waals surface area contributed by atoms with E-state index >= 15 is 0 Å². The molecule has 2 aliphatic rings. The maximum atomic E-state index is 14.3. The van der Waals surface area contributed by atoms with Crippen LogP contribution in [0.5, 0.6) is 0 Å². The summed E-state index contributed by atoms with van der Waals surface area (Å²) in [6.45, 7) is 0.745. The third-order valence-corrected chi connectivity index (χ3v) is 6.18. The molecule has 4 rings (SSSR count). The van der Waals surface area contributed by atoms with E-state index in [-0.39, 0.29) is 43.8 Å². The third-order valence-electron chi connectivity index (χ3n) is 5.69. The Kier molecular flexibility index (Phi) is 5.16. The molecule has 6 nitrogen and oxygen atoms in total. The Morgan fingerprint density at radius 3 is 2.53 bits per heavy atom. The minimum Gasteiger partial charge on any atom is -0.353 e. The SMILES string of the molecule is Cn1c(CC(=O)N2CCNC(=O)C2)c2n(c1=S)CC(c1c(F)c(F)cc(F)c1F)C2. The maximum absolute atomic E-state index is 14.3. The van der Waals surface area contributed by atoms with E-state index in [1.807, 2.05) is 0 Å². The lowest BCUT2D eigenvalue weighted by Crippen LogP contribution is -2.50. The zero-order chi connectivity index (χ0) is 21.7. The molecule has 0 radical (unpaired) electrons. The number of nitrogens with one attached hydrogen (secondary N) is 1. The van der Waals surface area contributed by atoms with Gasteiger partial charge >= 0.3 is 0 Å². The molecule has 160 valence electrons. The van der Waals surface area contributed by atoms with E-state index in [0.717, 1.165) is 0 Å². The van der Waals surface area contributed by atoms with E-state index in [4.69, 9.17) is 12.2 Å². The molecule has 3 heterocycles. The Hall–Kier alpha value is -2.69. The first-order valence-corrected chi connectivity index (χ1v) is 9.74. The van der Waals surface area contributed by atoms with Gasteiger partial charge < -0.3 is 19.4 Å². The molecule has 1 aromatic carbocycles. The van der Waals surface area contributed by atoms with Crippen LogP contribution in [0.2, 0.25) is 0 Å². The molecule has 2 aliphatic heterocycles. The molecule has 0 saturated carbocycles. The van der Waals surface area contributed by atoms with Crippen molar-refractivity contribution < 1.29 is 27.2 Å². The molecule has 0 bridgehead atoms. The minimum absolute atomic E-state index is 0.0407. The number of carbonyl (C=O) groups excluding carboxylic acids is 2. The van der Waals surface area contributed by atoms with Crippen LogP contribution in [-0.2, 0) is 36.0 Å². The van der Waals surface area contributed by atoms with Crippen LogP contribution in [0.3, 0.4) is 0 Å². The summed E-state index contributed by atoms with van der Waals surface area (Å²) in [4.78, 5) is 25.7. The number of benzene rings is 1.